The summed E-state index contributed by atoms with van der Waals surface area (Å²) in [6.45, 7) is 1.75. The molecule has 0 spiro atoms. The lowest BCUT2D eigenvalue weighted by Crippen LogP contribution is -2.70. The molecule has 37 heavy (non-hydrogen) atoms. The van der Waals surface area contributed by atoms with E-state index in [4.69, 9.17) is 5.73 Å². The van der Waals surface area contributed by atoms with Crippen molar-refractivity contribution in [2.45, 2.75) is 49.9 Å². The first-order chi connectivity index (χ1) is 17.3. The Balaban J connectivity index is 1.82. The van der Waals surface area contributed by atoms with E-state index < -0.39 is 70.1 Å². The fraction of sp³-hybridized carbons (Fsp3) is 0.444. The number of carbonyl (C=O) groups excluding carboxylic acids is 3. The van der Waals surface area contributed by atoms with Crippen molar-refractivity contribution >= 4 is 28.8 Å². The molecule has 196 valence electrons. The summed E-state index contributed by atoms with van der Waals surface area (Å²) in [5.74, 6) is -8.86. The molecule has 1 aromatic carbocycles. The van der Waals surface area contributed by atoms with Crippen molar-refractivity contribution < 1.29 is 39.9 Å². The van der Waals surface area contributed by atoms with Crippen LogP contribution in [0.5, 0.6) is 5.75 Å². The quantitative estimate of drug-likeness (QED) is 0.324. The van der Waals surface area contributed by atoms with Crippen LogP contribution in [0.2, 0.25) is 0 Å². The van der Waals surface area contributed by atoms with Gasteiger partial charge < -0.3 is 31.3 Å². The standard InChI is InChI=1S/C27H30N2O8/c1-10-14-12(11-6-4-5-7-11)8-9-13(30)16(14)21(31)17-15(10)22(32)19-20(29(2)3)23(33)18(26(28)36)25(35)27(19,37)24(17)34/h6,8-10,15,19-20,22,30-32,35,37H,4-5,7H2,1-3H3,(H2,28,36)/t10-,15?,19?,20-,22?,27-/m0/s1. The molecule has 1 saturated carbocycles. The number of primary amides is 1. The van der Waals surface area contributed by atoms with Gasteiger partial charge in [-0.1, -0.05) is 19.1 Å². The molecular weight excluding hydrogens is 480 g/mol. The molecule has 6 atom stereocenters. The fourth-order valence-corrected chi connectivity index (χ4v) is 6.89. The average molecular weight is 511 g/mol. The number of hydrogen-bond donors (Lipinski definition) is 6. The van der Waals surface area contributed by atoms with Gasteiger partial charge in [-0.2, -0.15) is 0 Å². The molecule has 4 aliphatic rings. The monoisotopic (exact) mass is 510 g/mol. The van der Waals surface area contributed by atoms with Crippen molar-refractivity contribution in [2.75, 3.05) is 14.1 Å². The summed E-state index contributed by atoms with van der Waals surface area (Å²) >= 11 is 0. The van der Waals surface area contributed by atoms with Crippen LogP contribution >= 0.6 is 0 Å². The van der Waals surface area contributed by atoms with Crippen molar-refractivity contribution in [3.63, 3.8) is 0 Å². The Morgan fingerprint density at radius 3 is 2.41 bits per heavy atom. The van der Waals surface area contributed by atoms with E-state index >= 15 is 0 Å². The van der Waals surface area contributed by atoms with Gasteiger partial charge >= 0.3 is 0 Å². The largest absolute Gasteiger partial charge is 0.508 e. The van der Waals surface area contributed by atoms with Gasteiger partial charge in [0.25, 0.3) is 5.91 Å². The zero-order chi connectivity index (χ0) is 27.1. The highest BCUT2D eigenvalue weighted by Gasteiger charge is 2.68. The number of likely N-dealkylation sites (N-methyl/N-ethyl adjacent to an activating group) is 1. The summed E-state index contributed by atoms with van der Waals surface area (Å²) in [5.41, 5.74) is 3.48. The number of allylic oxidation sites excluding steroid dienone is 2. The zero-order valence-corrected chi connectivity index (χ0v) is 20.7. The van der Waals surface area contributed by atoms with E-state index in [1.54, 1.807) is 13.0 Å². The molecule has 10 heteroatoms. The Bertz CT molecular complexity index is 1360. The predicted octanol–water partition coefficient (Wildman–Crippen LogP) is 1.06. The number of aliphatic hydroxyl groups is 4. The highest BCUT2D eigenvalue weighted by atomic mass is 16.4. The van der Waals surface area contributed by atoms with E-state index in [2.05, 4.69) is 6.08 Å². The second-order valence-electron chi connectivity index (χ2n) is 10.6. The Morgan fingerprint density at radius 1 is 1.16 bits per heavy atom. The minimum atomic E-state index is -2.91. The van der Waals surface area contributed by atoms with E-state index in [1.807, 2.05) is 0 Å². The molecule has 4 aliphatic carbocycles. The molecule has 0 heterocycles. The molecule has 0 radical (unpaired) electrons. The van der Waals surface area contributed by atoms with Gasteiger partial charge in [0.15, 0.2) is 11.4 Å². The summed E-state index contributed by atoms with van der Waals surface area (Å²) in [7, 11) is 2.96. The minimum Gasteiger partial charge on any atom is -0.508 e. The molecule has 0 aromatic heterocycles. The number of hydrogen-bond acceptors (Lipinski definition) is 9. The van der Waals surface area contributed by atoms with Crippen LogP contribution in [0.4, 0.5) is 0 Å². The summed E-state index contributed by atoms with van der Waals surface area (Å²) in [5, 5.41) is 56.5. The fourth-order valence-electron chi connectivity index (χ4n) is 6.89. The van der Waals surface area contributed by atoms with Crippen molar-refractivity contribution in [2.24, 2.45) is 17.6 Å². The van der Waals surface area contributed by atoms with Gasteiger partial charge in [0, 0.05) is 11.5 Å². The molecule has 0 aliphatic heterocycles. The molecule has 1 fully saturated rings. The number of phenolic OH excluding ortho intramolecular Hbond substituents is 1. The molecule has 7 N–H and O–H groups in total. The lowest BCUT2D eigenvalue weighted by Gasteiger charge is -2.53. The molecule has 10 nitrogen and oxygen atoms in total. The number of rotatable bonds is 3. The van der Waals surface area contributed by atoms with Gasteiger partial charge in [-0.25, -0.2) is 0 Å². The Kier molecular flexibility index (Phi) is 5.63. The number of benzene rings is 1. The summed E-state index contributed by atoms with van der Waals surface area (Å²) in [6, 6.07) is 1.79. The predicted molar refractivity (Wildman–Crippen MR) is 132 cm³/mol. The molecular formula is C27H30N2O8. The van der Waals surface area contributed by atoms with E-state index in [1.165, 1.54) is 25.1 Å². The van der Waals surface area contributed by atoms with E-state index in [-0.39, 0.29) is 16.9 Å². The highest BCUT2D eigenvalue weighted by Crippen LogP contribution is 2.57. The molecule has 5 rings (SSSR count). The van der Waals surface area contributed by atoms with Crippen LogP contribution < -0.4 is 5.73 Å². The number of amides is 1. The van der Waals surface area contributed by atoms with Crippen molar-refractivity contribution in [1.82, 2.24) is 4.90 Å². The Hall–Kier alpha value is -3.47. The van der Waals surface area contributed by atoms with Crippen LogP contribution in [0.25, 0.3) is 11.3 Å². The van der Waals surface area contributed by atoms with Crippen LogP contribution in [-0.2, 0) is 14.4 Å². The number of fused-ring (bicyclic) bond motifs is 3. The zero-order valence-electron chi connectivity index (χ0n) is 20.7. The Labute approximate surface area is 213 Å². The SMILES string of the molecule is C[C@H]1c2c(C3=CCCC3)ccc(O)c2C(O)=C2C(=O)[C@]3(O)C(O)=C(C(N)=O)C(=O)[C@@H](N(C)C)C3C(O)C21. The molecule has 0 bridgehead atoms. The number of aromatic hydroxyl groups is 1. The summed E-state index contributed by atoms with van der Waals surface area (Å²) < 4.78 is 0. The Morgan fingerprint density at radius 2 is 1.84 bits per heavy atom. The number of nitrogens with zero attached hydrogens (tertiary/aromatic N) is 1. The number of aliphatic hydroxyl groups excluding tert-OH is 3. The van der Waals surface area contributed by atoms with Crippen LogP contribution in [0.1, 0.15) is 48.8 Å². The number of nitrogens with two attached hydrogens (primary N) is 1. The van der Waals surface area contributed by atoms with Gasteiger partial charge in [0.2, 0.25) is 5.78 Å². The second kappa shape index (κ2) is 8.27. The van der Waals surface area contributed by atoms with Crippen molar-refractivity contribution in [3.8, 4) is 5.75 Å². The summed E-state index contributed by atoms with van der Waals surface area (Å²) in [4.78, 5) is 40.7. The molecule has 3 unspecified atom stereocenters. The molecule has 1 aromatic rings. The third-order valence-electron chi connectivity index (χ3n) is 8.49. The number of carbonyl (C=O) groups is 3. The number of phenols is 1. The van der Waals surface area contributed by atoms with E-state index in [0.29, 0.717) is 5.56 Å². The first-order valence-corrected chi connectivity index (χ1v) is 12.2. The topological polar surface area (TPSA) is 182 Å². The third kappa shape index (κ3) is 3.12. The minimum absolute atomic E-state index is 0.0151. The van der Waals surface area contributed by atoms with Crippen molar-refractivity contribution in [3.05, 3.63) is 51.8 Å². The first-order valence-electron chi connectivity index (χ1n) is 12.2. The maximum Gasteiger partial charge on any atom is 0.255 e. The van der Waals surface area contributed by atoms with E-state index in [0.717, 1.165) is 30.4 Å². The van der Waals surface area contributed by atoms with Crippen LogP contribution in [0.3, 0.4) is 0 Å². The van der Waals surface area contributed by atoms with Gasteiger partial charge in [-0.15, -0.1) is 0 Å². The number of Topliss-reactive ketones (excluding diaryl/α,β-unsaturated/α-hetero) is 2. The van der Waals surface area contributed by atoms with Gasteiger partial charge in [0.05, 0.1) is 23.6 Å². The highest BCUT2D eigenvalue weighted by molar-refractivity contribution is 6.24. The normalized spacial score (nSPS) is 33.4. The average Bonchev–Trinajstić information content (AvgIpc) is 3.36. The first kappa shape index (κ1) is 25.2. The maximum atomic E-state index is 14.0. The van der Waals surface area contributed by atoms with Crippen LogP contribution in [0, 0.1) is 11.8 Å². The van der Waals surface area contributed by atoms with Crippen LogP contribution in [0.15, 0.2) is 35.1 Å². The lowest BCUT2D eigenvalue weighted by molar-refractivity contribution is -0.169. The number of ketones is 2. The van der Waals surface area contributed by atoms with Gasteiger partial charge in [-0.3, -0.25) is 19.3 Å². The van der Waals surface area contributed by atoms with Crippen molar-refractivity contribution in [1.29, 1.82) is 0 Å². The third-order valence-corrected chi connectivity index (χ3v) is 8.49. The second-order valence-corrected chi connectivity index (χ2v) is 10.6. The van der Waals surface area contributed by atoms with Crippen LogP contribution in [-0.4, -0.2) is 79.7 Å². The smallest absolute Gasteiger partial charge is 0.255 e. The molecule has 0 saturated heterocycles. The van der Waals surface area contributed by atoms with Gasteiger partial charge in [-0.05, 0) is 62.0 Å². The lowest BCUT2D eigenvalue weighted by atomic mass is 9.54. The molecule has 1 amide bonds. The van der Waals surface area contributed by atoms with Gasteiger partial charge in [0.1, 0.15) is 22.8 Å². The maximum absolute atomic E-state index is 14.0. The summed E-state index contributed by atoms with van der Waals surface area (Å²) in [6.07, 6.45) is 3.09. The van der Waals surface area contributed by atoms with E-state index in [9.17, 15) is 39.9 Å².